The summed E-state index contributed by atoms with van der Waals surface area (Å²) in [6, 6.07) is 10.3. The molecule has 0 unspecified atom stereocenters. The van der Waals surface area contributed by atoms with E-state index >= 15 is 0 Å². The highest BCUT2D eigenvalue weighted by Crippen LogP contribution is 2.28. The van der Waals surface area contributed by atoms with Gasteiger partial charge in [-0.15, -0.1) is 0 Å². The molecule has 0 aliphatic rings. The van der Waals surface area contributed by atoms with E-state index in [4.69, 9.17) is 20.9 Å². The molecule has 0 amide bonds. The Kier molecular flexibility index (Phi) is 5.74. The van der Waals surface area contributed by atoms with Crippen molar-refractivity contribution < 1.29 is 17.7 Å². The van der Waals surface area contributed by atoms with Gasteiger partial charge in [0.05, 0.1) is 18.6 Å². The van der Waals surface area contributed by atoms with Crippen LogP contribution in [0.5, 0.6) is 5.75 Å². The average Bonchev–Trinajstić information content (AvgIpc) is 3.11. The summed E-state index contributed by atoms with van der Waals surface area (Å²) in [4.78, 5) is 4.48. The van der Waals surface area contributed by atoms with Crippen LogP contribution in [0.3, 0.4) is 0 Å². The molecule has 0 atom stereocenters. The summed E-state index contributed by atoms with van der Waals surface area (Å²) >= 11 is 5.98. The smallest absolute Gasteiger partial charge is 0.243 e. The van der Waals surface area contributed by atoms with Crippen LogP contribution in [0.4, 0.5) is 0 Å². The molecule has 0 saturated carbocycles. The van der Waals surface area contributed by atoms with Crippen molar-refractivity contribution in [2.75, 3.05) is 14.2 Å². The zero-order chi connectivity index (χ0) is 20.5. The van der Waals surface area contributed by atoms with E-state index in [2.05, 4.69) is 10.1 Å². The molecule has 0 bridgehead atoms. The van der Waals surface area contributed by atoms with Gasteiger partial charge in [-0.2, -0.15) is 9.29 Å². The van der Waals surface area contributed by atoms with Crippen molar-refractivity contribution in [1.82, 2.24) is 14.4 Å². The van der Waals surface area contributed by atoms with E-state index in [1.54, 1.807) is 57.4 Å². The molecule has 0 spiro atoms. The second kappa shape index (κ2) is 7.90. The lowest BCUT2D eigenvalue weighted by Gasteiger charge is -2.18. The Morgan fingerprint density at radius 1 is 1.18 bits per heavy atom. The highest BCUT2D eigenvalue weighted by atomic mass is 35.5. The van der Waals surface area contributed by atoms with Gasteiger partial charge < -0.3 is 9.26 Å². The van der Waals surface area contributed by atoms with Crippen LogP contribution < -0.4 is 4.74 Å². The number of ether oxygens (including phenoxy) is 1. The average molecular weight is 422 g/mol. The Balaban J connectivity index is 1.85. The van der Waals surface area contributed by atoms with E-state index in [1.165, 1.54) is 11.4 Å². The SMILES string of the molecule is COc1cc(C)c(S(=O)(=O)N(C)Cc2nc(-c3cccc(Cl)c3)no2)cc1C. The molecule has 1 aromatic heterocycles. The van der Waals surface area contributed by atoms with Crippen molar-refractivity contribution in [3.63, 3.8) is 0 Å². The highest BCUT2D eigenvalue weighted by molar-refractivity contribution is 7.89. The van der Waals surface area contributed by atoms with E-state index in [1.807, 2.05) is 0 Å². The van der Waals surface area contributed by atoms with Gasteiger partial charge in [0.15, 0.2) is 0 Å². The van der Waals surface area contributed by atoms with E-state index < -0.39 is 10.0 Å². The summed E-state index contributed by atoms with van der Waals surface area (Å²) in [7, 11) is -0.728. The highest BCUT2D eigenvalue weighted by Gasteiger charge is 2.26. The van der Waals surface area contributed by atoms with Crippen LogP contribution in [0.2, 0.25) is 5.02 Å². The summed E-state index contributed by atoms with van der Waals surface area (Å²) in [6.45, 7) is 3.47. The predicted molar refractivity (Wildman–Crippen MR) is 106 cm³/mol. The Hall–Kier alpha value is -2.42. The molecule has 0 aliphatic carbocycles. The second-order valence-corrected chi connectivity index (χ2v) is 8.82. The lowest BCUT2D eigenvalue weighted by molar-refractivity contribution is 0.336. The lowest BCUT2D eigenvalue weighted by Crippen LogP contribution is -2.27. The number of aromatic nitrogens is 2. The minimum Gasteiger partial charge on any atom is -0.496 e. The first-order valence-corrected chi connectivity index (χ1v) is 10.2. The van der Waals surface area contributed by atoms with Crippen molar-refractivity contribution in [1.29, 1.82) is 0 Å². The van der Waals surface area contributed by atoms with E-state index in [-0.39, 0.29) is 17.3 Å². The Labute approximate surface area is 168 Å². The molecule has 0 radical (unpaired) electrons. The fraction of sp³-hybridized carbons (Fsp3) is 0.263. The largest absolute Gasteiger partial charge is 0.496 e. The molecule has 3 rings (SSSR count). The molecular formula is C19H20ClN3O4S. The van der Waals surface area contributed by atoms with Crippen LogP contribution >= 0.6 is 11.6 Å². The quantitative estimate of drug-likeness (QED) is 0.601. The molecule has 9 heteroatoms. The van der Waals surface area contributed by atoms with Gasteiger partial charge in [-0.25, -0.2) is 8.42 Å². The number of halogens is 1. The lowest BCUT2D eigenvalue weighted by atomic mass is 10.1. The van der Waals surface area contributed by atoms with Gasteiger partial charge >= 0.3 is 0 Å². The maximum atomic E-state index is 13.0. The van der Waals surface area contributed by atoms with Gasteiger partial charge in [0, 0.05) is 17.6 Å². The van der Waals surface area contributed by atoms with Gasteiger partial charge in [0.1, 0.15) is 5.75 Å². The van der Waals surface area contributed by atoms with Crippen LogP contribution in [0.15, 0.2) is 45.8 Å². The number of methoxy groups -OCH3 is 1. The second-order valence-electron chi connectivity index (χ2n) is 6.37. The number of aryl methyl sites for hydroxylation is 2. The van der Waals surface area contributed by atoms with Crippen molar-refractivity contribution in [2.45, 2.75) is 25.3 Å². The minimum atomic E-state index is -3.75. The number of benzene rings is 2. The first-order valence-electron chi connectivity index (χ1n) is 8.42. The van der Waals surface area contributed by atoms with Crippen LogP contribution in [-0.4, -0.2) is 37.0 Å². The standard InChI is InChI=1S/C19H20ClN3O4S/c1-12-9-17(13(2)8-16(12)26-4)28(24,25)23(3)11-18-21-19(22-27-18)14-6-5-7-15(20)10-14/h5-10H,11H2,1-4H3. The first kappa shape index (κ1) is 20.3. The molecule has 3 aromatic rings. The fourth-order valence-corrected chi connectivity index (χ4v) is 4.37. The zero-order valence-corrected chi connectivity index (χ0v) is 17.5. The van der Waals surface area contributed by atoms with E-state index in [9.17, 15) is 8.42 Å². The molecule has 0 N–H and O–H groups in total. The van der Waals surface area contributed by atoms with E-state index in [0.29, 0.717) is 27.7 Å². The molecular weight excluding hydrogens is 402 g/mol. The number of hydrogen-bond donors (Lipinski definition) is 0. The molecule has 2 aromatic carbocycles. The topological polar surface area (TPSA) is 85.5 Å². The third-order valence-electron chi connectivity index (χ3n) is 4.29. The summed E-state index contributed by atoms with van der Waals surface area (Å²) < 4.78 is 37.7. The maximum absolute atomic E-state index is 13.0. The summed E-state index contributed by atoms with van der Waals surface area (Å²) in [5.41, 5.74) is 2.02. The molecule has 0 fully saturated rings. The normalized spacial score (nSPS) is 11.8. The molecule has 28 heavy (non-hydrogen) atoms. The van der Waals surface area contributed by atoms with Crippen molar-refractivity contribution in [3.8, 4) is 17.1 Å². The minimum absolute atomic E-state index is 0.0551. The number of nitrogens with zero attached hydrogens (tertiary/aromatic N) is 3. The molecule has 0 saturated heterocycles. The van der Waals surface area contributed by atoms with Crippen LogP contribution in [0.1, 0.15) is 17.0 Å². The molecule has 0 aliphatic heterocycles. The van der Waals surface area contributed by atoms with Crippen LogP contribution in [-0.2, 0) is 16.6 Å². The number of sulfonamides is 1. The monoisotopic (exact) mass is 421 g/mol. The van der Waals surface area contributed by atoms with Gasteiger partial charge in [0.25, 0.3) is 0 Å². The van der Waals surface area contributed by atoms with E-state index in [0.717, 1.165) is 5.56 Å². The molecule has 148 valence electrons. The van der Waals surface area contributed by atoms with Gasteiger partial charge in [0.2, 0.25) is 21.7 Å². The molecule has 1 heterocycles. The Morgan fingerprint density at radius 3 is 2.61 bits per heavy atom. The summed E-state index contributed by atoms with van der Waals surface area (Å²) in [5, 5.41) is 4.46. The van der Waals surface area contributed by atoms with Gasteiger partial charge in [-0.05, 0) is 49.2 Å². The zero-order valence-electron chi connectivity index (χ0n) is 15.9. The Morgan fingerprint density at radius 2 is 1.93 bits per heavy atom. The van der Waals surface area contributed by atoms with Crippen molar-refractivity contribution in [2.24, 2.45) is 0 Å². The van der Waals surface area contributed by atoms with Crippen LogP contribution in [0.25, 0.3) is 11.4 Å². The third-order valence-corrected chi connectivity index (χ3v) is 6.47. The number of rotatable bonds is 6. The first-order chi connectivity index (χ1) is 13.2. The maximum Gasteiger partial charge on any atom is 0.243 e. The summed E-state index contributed by atoms with van der Waals surface area (Å²) in [6.07, 6.45) is 0. The third kappa shape index (κ3) is 4.04. The van der Waals surface area contributed by atoms with Crippen LogP contribution in [0, 0.1) is 13.8 Å². The fourth-order valence-electron chi connectivity index (χ4n) is 2.77. The summed E-state index contributed by atoms with van der Waals surface area (Å²) in [5.74, 6) is 1.17. The Bertz CT molecular complexity index is 1110. The van der Waals surface area contributed by atoms with Crippen molar-refractivity contribution >= 4 is 21.6 Å². The molecule has 7 nitrogen and oxygen atoms in total. The van der Waals surface area contributed by atoms with Crippen molar-refractivity contribution in [3.05, 3.63) is 58.4 Å². The van der Waals surface area contributed by atoms with Gasteiger partial charge in [-0.1, -0.05) is 28.9 Å². The predicted octanol–water partition coefficient (Wildman–Crippen LogP) is 3.84. The number of hydrogen-bond acceptors (Lipinski definition) is 6. The van der Waals surface area contributed by atoms with Gasteiger partial charge in [-0.3, -0.25) is 0 Å².